The van der Waals surface area contributed by atoms with E-state index in [2.05, 4.69) is 10.3 Å². The Morgan fingerprint density at radius 2 is 1.62 bits per heavy atom. The molecule has 0 saturated heterocycles. The third kappa shape index (κ3) is 4.42. The van der Waals surface area contributed by atoms with Gasteiger partial charge in [-0.15, -0.1) is 0 Å². The number of aromatic nitrogens is 1. The van der Waals surface area contributed by atoms with E-state index in [1.54, 1.807) is 26.0 Å². The van der Waals surface area contributed by atoms with Crippen LogP contribution in [0.1, 0.15) is 16.7 Å². The molecule has 0 bridgehead atoms. The number of nitrogens with zero attached hydrogens (tertiary/aromatic N) is 1. The van der Waals surface area contributed by atoms with E-state index in [0.717, 1.165) is 22.2 Å². The minimum absolute atomic E-state index is 0.240. The number of nitrogens with one attached hydrogen (secondary N) is 1. The Hall–Kier alpha value is -2.73. The van der Waals surface area contributed by atoms with Crippen molar-refractivity contribution in [1.82, 2.24) is 4.98 Å². The summed E-state index contributed by atoms with van der Waals surface area (Å²) in [6, 6.07) is 13.1. The van der Waals surface area contributed by atoms with Crippen molar-refractivity contribution in [2.24, 2.45) is 0 Å². The number of hydrogen-bond acceptors (Lipinski definition) is 4. The molecule has 3 aromatic carbocycles. The fourth-order valence-corrected chi connectivity index (χ4v) is 4.05. The molecule has 1 amide bonds. The second-order valence-corrected chi connectivity index (χ2v) is 8.56. The summed E-state index contributed by atoms with van der Waals surface area (Å²) in [5, 5.41) is 3.83. The predicted octanol–water partition coefficient (Wildman–Crippen LogP) is 7.40. The van der Waals surface area contributed by atoms with Gasteiger partial charge in [0.2, 0.25) is 5.89 Å². The zero-order valence-corrected chi connectivity index (χ0v) is 19.8. The van der Waals surface area contributed by atoms with Crippen molar-refractivity contribution in [3.63, 3.8) is 0 Å². The number of fused-ring (bicyclic) bond motifs is 1. The molecule has 0 fully saturated rings. The molecule has 0 unspecified atom stereocenters. The van der Waals surface area contributed by atoms with Crippen LogP contribution in [0.4, 0.5) is 5.69 Å². The summed E-state index contributed by atoms with van der Waals surface area (Å²) in [7, 11) is 0. The Kier molecular flexibility index (Phi) is 6.33. The van der Waals surface area contributed by atoms with E-state index in [9.17, 15) is 4.79 Å². The summed E-state index contributed by atoms with van der Waals surface area (Å²) in [6.45, 7) is 5.27. The number of amides is 1. The van der Waals surface area contributed by atoms with Gasteiger partial charge in [0.1, 0.15) is 5.52 Å². The first-order valence-electron chi connectivity index (χ1n) is 9.78. The van der Waals surface area contributed by atoms with Gasteiger partial charge in [0.05, 0.1) is 10.0 Å². The lowest BCUT2D eigenvalue weighted by Crippen LogP contribution is -2.20. The summed E-state index contributed by atoms with van der Waals surface area (Å²) in [5.74, 6) is 0.404. The average Bonchev–Trinajstić information content (AvgIpc) is 3.20. The highest BCUT2D eigenvalue weighted by molar-refractivity contribution is 6.42. The average molecular weight is 490 g/mol. The minimum atomic E-state index is -0.354. The van der Waals surface area contributed by atoms with Gasteiger partial charge in [-0.25, -0.2) is 4.98 Å². The van der Waals surface area contributed by atoms with Crippen molar-refractivity contribution in [2.45, 2.75) is 20.8 Å². The van der Waals surface area contributed by atoms with Crippen LogP contribution < -0.4 is 10.1 Å². The van der Waals surface area contributed by atoms with E-state index in [1.807, 2.05) is 37.3 Å². The van der Waals surface area contributed by atoms with Gasteiger partial charge in [-0.05, 0) is 73.9 Å². The summed E-state index contributed by atoms with van der Waals surface area (Å²) in [5.41, 5.74) is 5.34. The van der Waals surface area contributed by atoms with Crippen LogP contribution in [0.15, 0.2) is 46.9 Å². The molecule has 0 atom stereocenters. The highest BCUT2D eigenvalue weighted by Crippen LogP contribution is 2.42. The van der Waals surface area contributed by atoms with E-state index in [1.165, 1.54) is 0 Å². The van der Waals surface area contributed by atoms with Gasteiger partial charge in [-0.3, -0.25) is 4.79 Å². The third-order valence-electron chi connectivity index (χ3n) is 5.02. The zero-order valence-electron chi connectivity index (χ0n) is 17.6. The fourth-order valence-electron chi connectivity index (χ4n) is 3.22. The first-order valence-corrected chi connectivity index (χ1v) is 10.9. The second kappa shape index (κ2) is 9.02. The van der Waals surface area contributed by atoms with E-state index < -0.39 is 0 Å². The number of oxazole rings is 1. The summed E-state index contributed by atoms with van der Waals surface area (Å²) >= 11 is 18.8. The molecule has 8 heteroatoms. The number of ether oxygens (including phenoxy) is 1. The Morgan fingerprint density at radius 3 is 2.28 bits per heavy atom. The van der Waals surface area contributed by atoms with Crippen LogP contribution in [0.3, 0.4) is 0 Å². The molecule has 0 aliphatic carbocycles. The van der Waals surface area contributed by atoms with E-state index in [4.69, 9.17) is 44.0 Å². The van der Waals surface area contributed by atoms with E-state index in [0.29, 0.717) is 27.7 Å². The standard InChI is InChI=1S/C24H19Cl3N2O3/c1-12-4-9-17-18(10-12)32-24(29-17)15-5-7-16(8-6-15)28-19(30)11-31-23-21(26)13(2)20(25)14(3)22(23)27/h4-10H,11H2,1-3H3,(H,28,30). The molecule has 4 rings (SSSR count). The van der Waals surface area contributed by atoms with Gasteiger partial charge in [-0.2, -0.15) is 0 Å². The monoisotopic (exact) mass is 488 g/mol. The number of halogens is 3. The predicted molar refractivity (Wildman–Crippen MR) is 129 cm³/mol. The molecular formula is C24H19Cl3N2O3. The zero-order chi connectivity index (χ0) is 23.0. The minimum Gasteiger partial charge on any atom is -0.481 e. The number of hydrogen-bond donors (Lipinski definition) is 1. The maximum Gasteiger partial charge on any atom is 0.262 e. The van der Waals surface area contributed by atoms with Crippen molar-refractivity contribution in [1.29, 1.82) is 0 Å². The number of aryl methyl sites for hydroxylation is 1. The number of rotatable bonds is 5. The van der Waals surface area contributed by atoms with Gasteiger partial charge >= 0.3 is 0 Å². The van der Waals surface area contributed by atoms with Crippen LogP contribution in [-0.4, -0.2) is 17.5 Å². The summed E-state index contributed by atoms with van der Waals surface area (Å²) < 4.78 is 11.4. The second-order valence-electron chi connectivity index (χ2n) is 7.43. The number of benzene rings is 3. The molecule has 0 radical (unpaired) electrons. The molecule has 0 spiro atoms. The highest BCUT2D eigenvalue weighted by Gasteiger charge is 2.19. The molecule has 32 heavy (non-hydrogen) atoms. The Balaban J connectivity index is 1.43. The van der Waals surface area contributed by atoms with E-state index >= 15 is 0 Å². The highest BCUT2D eigenvalue weighted by atomic mass is 35.5. The van der Waals surface area contributed by atoms with Crippen LogP contribution >= 0.6 is 34.8 Å². The van der Waals surface area contributed by atoms with Crippen LogP contribution in [0.5, 0.6) is 5.75 Å². The lowest BCUT2D eigenvalue weighted by atomic mass is 10.1. The number of anilines is 1. The van der Waals surface area contributed by atoms with Gasteiger partial charge in [0.25, 0.3) is 5.91 Å². The Morgan fingerprint density at radius 1 is 0.969 bits per heavy atom. The molecule has 164 valence electrons. The molecular weight excluding hydrogens is 471 g/mol. The van der Waals surface area contributed by atoms with E-state index in [-0.39, 0.29) is 28.3 Å². The topological polar surface area (TPSA) is 64.4 Å². The quantitative estimate of drug-likeness (QED) is 0.317. The molecule has 5 nitrogen and oxygen atoms in total. The van der Waals surface area contributed by atoms with Crippen molar-refractivity contribution >= 4 is 57.5 Å². The van der Waals surface area contributed by atoms with Crippen LogP contribution in [-0.2, 0) is 4.79 Å². The van der Waals surface area contributed by atoms with Crippen LogP contribution in [0.25, 0.3) is 22.6 Å². The van der Waals surface area contributed by atoms with Crippen molar-refractivity contribution < 1.29 is 13.9 Å². The maximum absolute atomic E-state index is 12.4. The van der Waals surface area contributed by atoms with Gasteiger partial charge in [0.15, 0.2) is 17.9 Å². The molecule has 0 aliphatic heterocycles. The number of carbonyl (C=O) groups excluding carboxylic acids is 1. The van der Waals surface area contributed by atoms with Gasteiger partial charge < -0.3 is 14.5 Å². The van der Waals surface area contributed by atoms with Crippen molar-refractivity contribution in [3.05, 3.63) is 74.2 Å². The Bertz CT molecular complexity index is 1300. The van der Waals surface area contributed by atoms with Gasteiger partial charge in [0, 0.05) is 16.3 Å². The van der Waals surface area contributed by atoms with Crippen molar-refractivity contribution in [2.75, 3.05) is 11.9 Å². The molecule has 4 aromatic rings. The number of carbonyl (C=O) groups is 1. The van der Waals surface area contributed by atoms with Gasteiger partial charge in [-0.1, -0.05) is 40.9 Å². The molecule has 0 aliphatic rings. The third-order valence-corrected chi connectivity index (χ3v) is 6.50. The largest absolute Gasteiger partial charge is 0.481 e. The van der Waals surface area contributed by atoms with Crippen LogP contribution in [0, 0.1) is 20.8 Å². The first kappa shape index (κ1) is 22.5. The first-order chi connectivity index (χ1) is 15.2. The maximum atomic E-state index is 12.4. The SMILES string of the molecule is Cc1ccc2nc(-c3ccc(NC(=O)COc4c(Cl)c(C)c(Cl)c(C)c4Cl)cc3)oc2c1. The fraction of sp³-hybridized carbons (Fsp3) is 0.167. The molecule has 1 N–H and O–H groups in total. The van der Waals surface area contributed by atoms with Crippen molar-refractivity contribution in [3.8, 4) is 17.2 Å². The lowest BCUT2D eigenvalue weighted by molar-refractivity contribution is -0.118. The normalized spacial score (nSPS) is 11.1. The molecule has 0 saturated carbocycles. The smallest absolute Gasteiger partial charge is 0.262 e. The summed E-state index contributed by atoms with van der Waals surface area (Å²) in [6.07, 6.45) is 0. The Labute approximate surface area is 200 Å². The molecule has 1 aromatic heterocycles. The van der Waals surface area contributed by atoms with Crippen LogP contribution in [0.2, 0.25) is 15.1 Å². The lowest BCUT2D eigenvalue weighted by Gasteiger charge is -2.15. The summed E-state index contributed by atoms with van der Waals surface area (Å²) in [4.78, 5) is 16.9. The molecule has 1 heterocycles.